The van der Waals surface area contributed by atoms with Crippen LogP contribution in [0.1, 0.15) is 56.7 Å². The summed E-state index contributed by atoms with van der Waals surface area (Å²) in [5, 5.41) is 3.78. The number of benzene rings is 1. The Morgan fingerprint density at radius 3 is 2.74 bits per heavy atom. The third-order valence-electron chi connectivity index (χ3n) is 5.36. The van der Waals surface area contributed by atoms with Gasteiger partial charge in [-0.1, -0.05) is 44.5 Å². The van der Waals surface area contributed by atoms with Crippen molar-refractivity contribution < 1.29 is 0 Å². The van der Waals surface area contributed by atoms with Crippen molar-refractivity contribution >= 4 is 0 Å². The summed E-state index contributed by atoms with van der Waals surface area (Å²) in [5.74, 6) is 2.90. The zero-order valence-corrected chi connectivity index (χ0v) is 12.4. The number of nitrogens with one attached hydrogen (secondary N) is 1. The fourth-order valence-electron chi connectivity index (χ4n) is 4.44. The number of aryl methyl sites for hydroxylation is 1. The molecule has 2 aliphatic rings. The van der Waals surface area contributed by atoms with Gasteiger partial charge in [-0.15, -0.1) is 0 Å². The summed E-state index contributed by atoms with van der Waals surface area (Å²) in [6.45, 7) is 5.57. The quantitative estimate of drug-likeness (QED) is 0.827. The van der Waals surface area contributed by atoms with Crippen LogP contribution >= 0.6 is 0 Å². The first-order valence-electron chi connectivity index (χ1n) is 8.14. The topological polar surface area (TPSA) is 12.0 Å². The molecule has 2 saturated carbocycles. The molecule has 0 saturated heterocycles. The van der Waals surface area contributed by atoms with E-state index in [4.69, 9.17) is 0 Å². The van der Waals surface area contributed by atoms with Gasteiger partial charge in [-0.2, -0.15) is 0 Å². The Balaban J connectivity index is 1.83. The molecule has 0 radical (unpaired) electrons. The van der Waals surface area contributed by atoms with Gasteiger partial charge in [-0.05, 0) is 61.1 Å². The SMILES string of the molecule is CCNC(c1cccc(CC)c1)C1CC2CCC1C2. The molecule has 2 fully saturated rings. The lowest BCUT2D eigenvalue weighted by atomic mass is 9.80. The van der Waals surface area contributed by atoms with E-state index in [9.17, 15) is 0 Å². The molecular weight excluding hydrogens is 230 g/mol. The summed E-state index contributed by atoms with van der Waals surface area (Å²) in [7, 11) is 0. The molecule has 3 rings (SSSR count). The molecule has 1 nitrogen and oxygen atoms in total. The van der Waals surface area contributed by atoms with Gasteiger partial charge in [-0.3, -0.25) is 0 Å². The van der Waals surface area contributed by atoms with E-state index in [0.29, 0.717) is 6.04 Å². The molecule has 19 heavy (non-hydrogen) atoms. The van der Waals surface area contributed by atoms with E-state index in [1.54, 1.807) is 0 Å². The molecular formula is C18H27N. The molecule has 1 aromatic carbocycles. The maximum Gasteiger partial charge on any atom is 0.0351 e. The number of hydrogen-bond acceptors (Lipinski definition) is 1. The summed E-state index contributed by atoms with van der Waals surface area (Å²) in [5.41, 5.74) is 3.00. The summed E-state index contributed by atoms with van der Waals surface area (Å²) < 4.78 is 0. The number of rotatable bonds is 5. The molecule has 0 aromatic heterocycles. The van der Waals surface area contributed by atoms with E-state index < -0.39 is 0 Å². The van der Waals surface area contributed by atoms with Crippen molar-refractivity contribution in [2.45, 2.75) is 52.0 Å². The predicted octanol–water partition coefficient (Wildman–Crippen LogP) is 4.34. The minimum atomic E-state index is 0.590. The van der Waals surface area contributed by atoms with Crippen molar-refractivity contribution in [3.8, 4) is 0 Å². The van der Waals surface area contributed by atoms with Gasteiger partial charge in [0.2, 0.25) is 0 Å². The number of hydrogen-bond donors (Lipinski definition) is 1. The minimum absolute atomic E-state index is 0.590. The third-order valence-corrected chi connectivity index (χ3v) is 5.36. The summed E-state index contributed by atoms with van der Waals surface area (Å²) in [4.78, 5) is 0. The summed E-state index contributed by atoms with van der Waals surface area (Å²) in [6.07, 6.45) is 7.07. The standard InChI is InChI=1S/C18H27N/c1-3-13-6-5-7-16(10-13)18(19-4-2)17-12-14-8-9-15(17)11-14/h5-7,10,14-15,17-19H,3-4,8-9,11-12H2,1-2H3. The summed E-state index contributed by atoms with van der Waals surface area (Å²) >= 11 is 0. The Labute approximate surface area is 117 Å². The van der Waals surface area contributed by atoms with Gasteiger partial charge < -0.3 is 5.32 Å². The molecule has 0 heterocycles. The van der Waals surface area contributed by atoms with Crippen LogP contribution in [0.25, 0.3) is 0 Å². The van der Waals surface area contributed by atoms with E-state index >= 15 is 0 Å². The monoisotopic (exact) mass is 257 g/mol. The van der Waals surface area contributed by atoms with Crippen LogP contribution in [0, 0.1) is 17.8 Å². The first-order chi connectivity index (χ1) is 9.31. The summed E-state index contributed by atoms with van der Waals surface area (Å²) in [6, 6.07) is 9.85. The van der Waals surface area contributed by atoms with E-state index in [0.717, 1.165) is 30.7 Å². The van der Waals surface area contributed by atoms with Crippen LogP contribution in [-0.4, -0.2) is 6.54 Å². The Morgan fingerprint density at radius 2 is 2.11 bits per heavy atom. The first-order valence-corrected chi connectivity index (χ1v) is 8.14. The van der Waals surface area contributed by atoms with Crippen molar-refractivity contribution in [2.24, 2.45) is 17.8 Å². The van der Waals surface area contributed by atoms with Gasteiger partial charge in [0.15, 0.2) is 0 Å². The molecule has 1 heteroatoms. The molecule has 2 bridgehead atoms. The average molecular weight is 257 g/mol. The van der Waals surface area contributed by atoms with Crippen molar-refractivity contribution in [3.05, 3.63) is 35.4 Å². The number of fused-ring (bicyclic) bond motifs is 2. The lowest BCUT2D eigenvalue weighted by Gasteiger charge is -2.31. The Hall–Kier alpha value is -0.820. The van der Waals surface area contributed by atoms with Crippen LogP contribution < -0.4 is 5.32 Å². The van der Waals surface area contributed by atoms with Crippen LogP contribution in [0.5, 0.6) is 0 Å². The molecule has 4 atom stereocenters. The normalized spacial score (nSPS) is 30.7. The molecule has 0 aliphatic heterocycles. The highest BCUT2D eigenvalue weighted by Crippen LogP contribution is 2.52. The largest absolute Gasteiger partial charge is 0.310 e. The zero-order chi connectivity index (χ0) is 13.2. The molecule has 1 aromatic rings. The second-order valence-corrected chi connectivity index (χ2v) is 6.47. The zero-order valence-electron chi connectivity index (χ0n) is 12.4. The maximum absolute atomic E-state index is 3.78. The van der Waals surface area contributed by atoms with Gasteiger partial charge in [-0.25, -0.2) is 0 Å². The smallest absolute Gasteiger partial charge is 0.0351 e. The highest BCUT2D eigenvalue weighted by atomic mass is 14.9. The van der Waals surface area contributed by atoms with Gasteiger partial charge in [0.25, 0.3) is 0 Å². The van der Waals surface area contributed by atoms with Gasteiger partial charge in [0, 0.05) is 6.04 Å². The van der Waals surface area contributed by atoms with E-state index in [1.807, 2.05) is 0 Å². The van der Waals surface area contributed by atoms with E-state index in [-0.39, 0.29) is 0 Å². The molecule has 104 valence electrons. The maximum atomic E-state index is 3.78. The van der Waals surface area contributed by atoms with Crippen LogP contribution in [0.15, 0.2) is 24.3 Å². The van der Waals surface area contributed by atoms with Crippen LogP contribution in [0.2, 0.25) is 0 Å². The second kappa shape index (κ2) is 5.66. The van der Waals surface area contributed by atoms with Gasteiger partial charge in [0.05, 0.1) is 0 Å². The Morgan fingerprint density at radius 1 is 1.21 bits per heavy atom. The minimum Gasteiger partial charge on any atom is -0.310 e. The molecule has 1 N–H and O–H groups in total. The molecule has 0 spiro atoms. The molecule has 0 amide bonds. The van der Waals surface area contributed by atoms with Crippen LogP contribution in [-0.2, 0) is 6.42 Å². The second-order valence-electron chi connectivity index (χ2n) is 6.47. The highest BCUT2D eigenvalue weighted by molar-refractivity contribution is 5.27. The Bertz CT molecular complexity index is 425. The van der Waals surface area contributed by atoms with E-state index in [2.05, 4.69) is 43.4 Å². The fourth-order valence-corrected chi connectivity index (χ4v) is 4.44. The third kappa shape index (κ3) is 2.58. The van der Waals surface area contributed by atoms with Crippen LogP contribution in [0.3, 0.4) is 0 Å². The van der Waals surface area contributed by atoms with Crippen LogP contribution in [0.4, 0.5) is 0 Å². The van der Waals surface area contributed by atoms with Crippen molar-refractivity contribution in [3.63, 3.8) is 0 Å². The van der Waals surface area contributed by atoms with Gasteiger partial charge in [0.1, 0.15) is 0 Å². The predicted molar refractivity (Wildman–Crippen MR) is 81.2 cm³/mol. The highest BCUT2D eigenvalue weighted by Gasteiger charge is 2.43. The van der Waals surface area contributed by atoms with E-state index in [1.165, 1.54) is 36.8 Å². The van der Waals surface area contributed by atoms with Gasteiger partial charge >= 0.3 is 0 Å². The van der Waals surface area contributed by atoms with Crippen molar-refractivity contribution in [2.75, 3.05) is 6.54 Å². The fraction of sp³-hybridized carbons (Fsp3) is 0.667. The Kier molecular flexibility index (Phi) is 3.93. The van der Waals surface area contributed by atoms with Crippen molar-refractivity contribution in [1.29, 1.82) is 0 Å². The lowest BCUT2D eigenvalue weighted by Crippen LogP contribution is -2.31. The first kappa shape index (κ1) is 13.2. The lowest BCUT2D eigenvalue weighted by molar-refractivity contribution is 0.253. The molecule has 4 unspecified atom stereocenters. The average Bonchev–Trinajstić information content (AvgIpc) is 3.07. The van der Waals surface area contributed by atoms with Crippen molar-refractivity contribution in [1.82, 2.24) is 5.32 Å². The molecule has 2 aliphatic carbocycles.